The van der Waals surface area contributed by atoms with Crippen LogP contribution in [0.1, 0.15) is 12.0 Å². The molecule has 1 aliphatic heterocycles. The van der Waals surface area contributed by atoms with Gasteiger partial charge in [-0.25, -0.2) is 9.37 Å². The maximum atomic E-state index is 14.1. The molecule has 2 heterocycles. The highest BCUT2D eigenvalue weighted by Crippen LogP contribution is 2.28. The van der Waals surface area contributed by atoms with E-state index in [2.05, 4.69) is 10.3 Å². The van der Waals surface area contributed by atoms with Gasteiger partial charge < -0.3 is 10.2 Å². The van der Waals surface area contributed by atoms with Crippen molar-refractivity contribution in [2.45, 2.75) is 13.3 Å². The molecular formula is C17H15ClFN3O2. The van der Waals surface area contributed by atoms with Crippen molar-refractivity contribution in [2.24, 2.45) is 5.92 Å². The molecule has 1 fully saturated rings. The van der Waals surface area contributed by atoms with Gasteiger partial charge in [-0.2, -0.15) is 0 Å². The van der Waals surface area contributed by atoms with E-state index in [4.69, 9.17) is 11.6 Å². The van der Waals surface area contributed by atoms with Crippen LogP contribution in [0.2, 0.25) is 5.02 Å². The lowest BCUT2D eigenvalue weighted by atomic mass is 10.1. The minimum atomic E-state index is -0.560. The second-order valence-corrected chi connectivity index (χ2v) is 6.15. The second-order valence-electron chi connectivity index (χ2n) is 5.71. The van der Waals surface area contributed by atoms with Crippen molar-refractivity contribution >= 4 is 34.9 Å². The van der Waals surface area contributed by atoms with Crippen molar-refractivity contribution < 1.29 is 14.0 Å². The van der Waals surface area contributed by atoms with Gasteiger partial charge in [-0.1, -0.05) is 17.7 Å². The van der Waals surface area contributed by atoms with Gasteiger partial charge in [0.05, 0.1) is 16.6 Å². The summed E-state index contributed by atoms with van der Waals surface area (Å²) < 4.78 is 14.1. The number of rotatable bonds is 3. The van der Waals surface area contributed by atoms with E-state index in [-0.39, 0.29) is 30.5 Å². The Morgan fingerprint density at radius 1 is 1.38 bits per heavy atom. The van der Waals surface area contributed by atoms with Gasteiger partial charge in [0, 0.05) is 19.2 Å². The van der Waals surface area contributed by atoms with Crippen molar-refractivity contribution in [3.63, 3.8) is 0 Å². The van der Waals surface area contributed by atoms with E-state index in [1.165, 1.54) is 17.2 Å². The summed E-state index contributed by atoms with van der Waals surface area (Å²) in [5.41, 5.74) is 0.969. The third kappa shape index (κ3) is 3.38. The van der Waals surface area contributed by atoms with Crippen molar-refractivity contribution in [1.29, 1.82) is 0 Å². The standard InChI is InChI=1S/C17H15ClFN3O2/c1-10-2-4-14(13(19)6-10)22-9-11(7-16(22)23)17(24)21-15-5-3-12(18)8-20-15/h2-6,8,11H,7,9H2,1H3,(H,20,21,24)/t11-/m0/s1. The summed E-state index contributed by atoms with van der Waals surface area (Å²) in [6, 6.07) is 7.85. The number of pyridine rings is 1. The first-order chi connectivity index (χ1) is 11.4. The van der Waals surface area contributed by atoms with Crippen molar-refractivity contribution in [3.05, 3.63) is 52.9 Å². The summed E-state index contributed by atoms with van der Waals surface area (Å²) in [7, 11) is 0. The SMILES string of the molecule is Cc1ccc(N2C[C@@H](C(=O)Nc3ccc(Cl)cn3)CC2=O)c(F)c1. The lowest BCUT2D eigenvalue weighted by Crippen LogP contribution is -2.28. The highest BCUT2D eigenvalue weighted by atomic mass is 35.5. The van der Waals surface area contributed by atoms with Crippen LogP contribution in [0.4, 0.5) is 15.9 Å². The second kappa shape index (κ2) is 6.57. The van der Waals surface area contributed by atoms with E-state index in [0.717, 1.165) is 5.56 Å². The molecule has 1 aromatic carbocycles. The Balaban J connectivity index is 1.72. The molecule has 0 unspecified atom stereocenters. The zero-order valence-electron chi connectivity index (χ0n) is 12.9. The van der Waals surface area contributed by atoms with Crippen LogP contribution in [0.25, 0.3) is 0 Å². The molecule has 7 heteroatoms. The number of halogens is 2. The zero-order valence-corrected chi connectivity index (χ0v) is 13.7. The summed E-state index contributed by atoms with van der Waals surface area (Å²) in [4.78, 5) is 29.8. The van der Waals surface area contributed by atoms with Gasteiger partial charge >= 0.3 is 0 Å². The molecule has 0 radical (unpaired) electrons. The summed E-state index contributed by atoms with van der Waals surface area (Å²) in [5, 5.41) is 3.11. The molecular weight excluding hydrogens is 333 g/mol. The van der Waals surface area contributed by atoms with Crippen LogP contribution in [0.5, 0.6) is 0 Å². The fourth-order valence-corrected chi connectivity index (χ4v) is 2.74. The number of nitrogens with zero attached hydrogens (tertiary/aromatic N) is 2. The lowest BCUT2D eigenvalue weighted by molar-refractivity contribution is -0.122. The zero-order chi connectivity index (χ0) is 17.3. The fourth-order valence-electron chi connectivity index (χ4n) is 2.62. The molecule has 1 N–H and O–H groups in total. The van der Waals surface area contributed by atoms with E-state index >= 15 is 0 Å². The number of carbonyl (C=O) groups is 2. The van der Waals surface area contributed by atoms with Gasteiger partial charge in [0.25, 0.3) is 0 Å². The molecule has 2 aromatic rings. The molecule has 1 aliphatic rings. The van der Waals surface area contributed by atoms with Gasteiger partial charge in [0.2, 0.25) is 11.8 Å². The Hall–Kier alpha value is -2.47. The van der Waals surface area contributed by atoms with Gasteiger partial charge in [0.1, 0.15) is 11.6 Å². The molecule has 3 rings (SSSR count). The van der Waals surface area contributed by atoms with Crippen molar-refractivity contribution in [3.8, 4) is 0 Å². The molecule has 0 bridgehead atoms. The number of benzene rings is 1. The van der Waals surface area contributed by atoms with Gasteiger partial charge in [-0.3, -0.25) is 9.59 Å². The molecule has 0 saturated carbocycles. The lowest BCUT2D eigenvalue weighted by Gasteiger charge is -2.17. The van der Waals surface area contributed by atoms with E-state index < -0.39 is 11.7 Å². The predicted octanol–water partition coefficient (Wildman–Crippen LogP) is 3.17. The molecule has 5 nitrogen and oxygen atoms in total. The van der Waals surface area contributed by atoms with Gasteiger partial charge in [-0.15, -0.1) is 0 Å². The Kier molecular flexibility index (Phi) is 4.49. The maximum absolute atomic E-state index is 14.1. The summed E-state index contributed by atoms with van der Waals surface area (Å²) in [6.45, 7) is 1.91. The molecule has 1 saturated heterocycles. The Bertz CT molecular complexity index is 795. The Morgan fingerprint density at radius 2 is 2.17 bits per heavy atom. The first kappa shape index (κ1) is 16.4. The largest absolute Gasteiger partial charge is 0.310 e. The summed E-state index contributed by atoms with van der Waals surface area (Å²) >= 11 is 5.75. The fraction of sp³-hybridized carbons (Fsp3) is 0.235. The molecule has 1 aromatic heterocycles. The van der Waals surface area contributed by atoms with E-state index in [1.807, 2.05) is 0 Å². The number of hydrogen-bond acceptors (Lipinski definition) is 3. The minimum Gasteiger partial charge on any atom is -0.310 e. The number of nitrogens with one attached hydrogen (secondary N) is 1. The number of aromatic nitrogens is 1. The van der Waals surface area contributed by atoms with Crippen molar-refractivity contribution in [2.75, 3.05) is 16.8 Å². The molecule has 1 atom stereocenters. The predicted molar refractivity (Wildman–Crippen MR) is 89.5 cm³/mol. The molecule has 0 spiro atoms. The third-order valence-electron chi connectivity index (χ3n) is 3.87. The summed E-state index contributed by atoms with van der Waals surface area (Å²) in [6.07, 6.45) is 1.46. The van der Waals surface area contributed by atoms with Crippen LogP contribution in [0, 0.1) is 18.7 Å². The average Bonchev–Trinajstić information content (AvgIpc) is 2.91. The van der Waals surface area contributed by atoms with Crippen LogP contribution in [0.3, 0.4) is 0 Å². The van der Waals surface area contributed by atoms with Crippen LogP contribution in [-0.2, 0) is 9.59 Å². The van der Waals surface area contributed by atoms with Crippen LogP contribution in [0.15, 0.2) is 36.5 Å². The Morgan fingerprint density at radius 3 is 2.83 bits per heavy atom. The molecule has 2 amide bonds. The van der Waals surface area contributed by atoms with E-state index in [9.17, 15) is 14.0 Å². The number of aryl methyl sites for hydroxylation is 1. The van der Waals surface area contributed by atoms with Gasteiger partial charge in [0.15, 0.2) is 0 Å². The molecule has 124 valence electrons. The monoisotopic (exact) mass is 347 g/mol. The topological polar surface area (TPSA) is 62.3 Å². The average molecular weight is 348 g/mol. The first-order valence-electron chi connectivity index (χ1n) is 7.43. The Labute approximate surface area is 143 Å². The number of hydrogen-bond donors (Lipinski definition) is 1. The highest BCUT2D eigenvalue weighted by Gasteiger charge is 2.36. The van der Waals surface area contributed by atoms with E-state index in [0.29, 0.717) is 10.8 Å². The smallest absolute Gasteiger partial charge is 0.230 e. The quantitative estimate of drug-likeness (QED) is 0.927. The normalized spacial score (nSPS) is 17.2. The van der Waals surface area contributed by atoms with E-state index in [1.54, 1.807) is 31.2 Å². The highest BCUT2D eigenvalue weighted by molar-refractivity contribution is 6.30. The molecule has 24 heavy (non-hydrogen) atoms. The third-order valence-corrected chi connectivity index (χ3v) is 4.09. The van der Waals surface area contributed by atoms with Crippen molar-refractivity contribution in [1.82, 2.24) is 4.98 Å². The van der Waals surface area contributed by atoms with Crippen LogP contribution < -0.4 is 10.2 Å². The van der Waals surface area contributed by atoms with Crippen LogP contribution >= 0.6 is 11.6 Å². The van der Waals surface area contributed by atoms with Gasteiger partial charge in [-0.05, 0) is 36.8 Å². The first-order valence-corrected chi connectivity index (χ1v) is 7.81. The number of carbonyl (C=O) groups excluding carboxylic acids is 2. The number of amides is 2. The summed E-state index contributed by atoms with van der Waals surface area (Å²) in [5.74, 6) is -1.27. The number of anilines is 2. The minimum absolute atomic E-state index is 0.0345. The maximum Gasteiger partial charge on any atom is 0.230 e. The molecule has 0 aliphatic carbocycles. The van der Waals surface area contributed by atoms with Crippen LogP contribution in [-0.4, -0.2) is 23.3 Å².